The Hall–Kier alpha value is -1.59. The highest BCUT2D eigenvalue weighted by molar-refractivity contribution is 5.98. The minimum Gasteiger partial charge on any atom is -0.332 e. The first-order chi connectivity index (χ1) is 7.82. The number of halogens is 3. The van der Waals surface area contributed by atoms with Crippen LogP contribution in [0.1, 0.15) is 35.5 Å². The average Bonchev–Trinajstić information content (AvgIpc) is 2.55. The van der Waals surface area contributed by atoms with E-state index in [0.29, 0.717) is 0 Å². The summed E-state index contributed by atoms with van der Waals surface area (Å²) in [4.78, 5) is 16.6. The maximum Gasteiger partial charge on any atom is 0.433 e. The van der Waals surface area contributed by atoms with Crippen molar-refractivity contribution in [2.75, 3.05) is 0 Å². The van der Waals surface area contributed by atoms with Crippen LogP contribution in [0, 0.1) is 0 Å². The van der Waals surface area contributed by atoms with Crippen LogP contribution in [0.25, 0.3) is 0 Å². The molecule has 0 aliphatic carbocycles. The number of hydrogen-bond donors (Lipinski definition) is 0. The van der Waals surface area contributed by atoms with Crippen LogP contribution >= 0.6 is 0 Å². The summed E-state index contributed by atoms with van der Waals surface area (Å²) in [5, 5.41) is 0. The second-order valence-corrected chi connectivity index (χ2v) is 4.21. The topological polar surface area (TPSA) is 33.2 Å². The maximum absolute atomic E-state index is 12.7. The van der Waals surface area contributed by atoms with E-state index in [1.54, 1.807) is 13.8 Å². The predicted octanol–water partition coefficient (Wildman–Crippen LogP) is 2.46. The fraction of sp³-hybridized carbons (Fsp3) is 0.455. The van der Waals surface area contributed by atoms with Gasteiger partial charge in [0, 0.05) is 29.9 Å². The molecule has 0 bridgehead atoms. The fourth-order valence-electron chi connectivity index (χ4n) is 1.91. The van der Waals surface area contributed by atoms with Gasteiger partial charge in [0.25, 0.3) is 5.91 Å². The lowest BCUT2D eigenvalue weighted by atomic mass is 10.1. The van der Waals surface area contributed by atoms with E-state index in [1.165, 1.54) is 11.0 Å². The third-order valence-corrected chi connectivity index (χ3v) is 2.77. The lowest BCUT2D eigenvalue weighted by Crippen LogP contribution is -2.30. The predicted molar refractivity (Wildman–Crippen MR) is 54.2 cm³/mol. The Balaban J connectivity index is 2.51. The third-order valence-electron chi connectivity index (χ3n) is 2.77. The summed E-state index contributed by atoms with van der Waals surface area (Å²) >= 11 is 0. The van der Waals surface area contributed by atoms with Crippen molar-refractivity contribution < 1.29 is 18.0 Å². The van der Waals surface area contributed by atoms with Gasteiger partial charge in [0.15, 0.2) is 0 Å². The highest BCUT2D eigenvalue weighted by Gasteiger charge is 2.41. The zero-order chi connectivity index (χ0) is 12.8. The molecule has 0 saturated heterocycles. The molecule has 1 amide bonds. The maximum atomic E-state index is 12.7. The van der Waals surface area contributed by atoms with Crippen molar-refractivity contribution in [3.05, 3.63) is 29.1 Å². The van der Waals surface area contributed by atoms with Crippen molar-refractivity contribution in [1.82, 2.24) is 9.88 Å². The van der Waals surface area contributed by atoms with E-state index in [4.69, 9.17) is 0 Å². The Bertz CT molecular complexity index is 468. The number of fused-ring (bicyclic) bond motifs is 1. The molecule has 0 radical (unpaired) electrons. The first kappa shape index (κ1) is 11.9. The van der Waals surface area contributed by atoms with Crippen LogP contribution in [0.4, 0.5) is 13.2 Å². The van der Waals surface area contributed by atoms with Gasteiger partial charge in [-0.2, -0.15) is 13.2 Å². The molecular formula is C11H11F3N2O. The van der Waals surface area contributed by atoms with E-state index >= 15 is 0 Å². The summed E-state index contributed by atoms with van der Waals surface area (Å²) in [6.07, 6.45) is -3.48. The van der Waals surface area contributed by atoms with Crippen molar-refractivity contribution in [3.63, 3.8) is 0 Å². The second kappa shape index (κ2) is 3.72. The van der Waals surface area contributed by atoms with Gasteiger partial charge in [-0.15, -0.1) is 0 Å². The molecule has 0 saturated carbocycles. The Morgan fingerprint density at radius 2 is 2.06 bits per heavy atom. The Morgan fingerprint density at radius 3 is 2.59 bits per heavy atom. The van der Waals surface area contributed by atoms with E-state index < -0.39 is 11.9 Å². The smallest absolute Gasteiger partial charge is 0.332 e. The molecule has 92 valence electrons. The normalized spacial score (nSPS) is 15.6. The van der Waals surface area contributed by atoms with Gasteiger partial charge in [-0.25, -0.2) is 0 Å². The van der Waals surface area contributed by atoms with Crippen molar-refractivity contribution in [1.29, 1.82) is 0 Å². The van der Waals surface area contributed by atoms with E-state index in [0.717, 1.165) is 6.20 Å². The van der Waals surface area contributed by atoms with Gasteiger partial charge in [0.1, 0.15) is 5.69 Å². The van der Waals surface area contributed by atoms with E-state index in [2.05, 4.69) is 4.98 Å². The molecule has 1 aliphatic heterocycles. The molecule has 0 fully saturated rings. The van der Waals surface area contributed by atoms with Crippen molar-refractivity contribution in [3.8, 4) is 0 Å². The highest BCUT2D eigenvalue weighted by Crippen LogP contribution is 2.35. The van der Waals surface area contributed by atoms with Crippen LogP contribution < -0.4 is 0 Å². The minimum atomic E-state index is -4.52. The van der Waals surface area contributed by atoms with E-state index in [-0.39, 0.29) is 29.6 Å². The lowest BCUT2D eigenvalue weighted by Gasteiger charge is -2.20. The average molecular weight is 244 g/mol. The summed E-state index contributed by atoms with van der Waals surface area (Å²) in [5.41, 5.74) is -0.855. The summed E-state index contributed by atoms with van der Waals surface area (Å²) in [7, 11) is 0. The number of nitrogens with zero attached hydrogens (tertiary/aromatic N) is 2. The molecule has 0 N–H and O–H groups in total. The summed E-state index contributed by atoms with van der Waals surface area (Å²) in [6, 6.07) is 1.21. The number of carbonyl (C=O) groups is 1. The van der Waals surface area contributed by atoms with Crippen LogP contribution in [-0.4, -0.2) is 21.8 Å². The Morgan fingerprint density at radius 1 is 1.41 bits per heavy atom. The third kappa shape index (κ3) is 1.87. The Labute approximate surface area is 96.3 Å². The molecule has 3 nitrogen and oxygen atoms in total. The van der Waals surface area contributed by atoms with Gasteiger partial charge in [0.2, 0.25) is 0 Å². The molecule has 1 aliphatic rings. The van der Waals surface area contributed by atoms with Gasteiger partial charge in [-0.3, -0.25) is 9.78 Å². The summed E-state index contributed by atoms with van der Waals surface area (Å²) < 4.78 is 38.1. The van der Waals surface area contributed by atoms with Crippen LogP contribution in [0.15, 0.2) is 12.3 Å². The molecular weight excluding hydrogens is 233 g/mol. The SMILES string of the molecule is CC(C)N1Cc2c(ccnc2C(F)(F)F)C1=O. The van der Waals surface area contributed by atoms with E-state index in [1.807, 2.05) is 0 Å². The first-order valence-corrected chi connectivity index (χ1v) is 5.18. The molecule has 2 heterocycles. The van der Waals surface area contributed by atoms with E-state index in [9.17, 15) is 18.0 Å². The van der Waals surface area contributed by atoms with Gasteiger partial charge < -0.3 is 4.90 Å². The highest BCUT2D eigenvalue weighted by atomic mass is 19.4. The number of aromatic nitrogens is 1. The number of amides is 1. The lowest BCUT2D eigenvalue weighted by molar-refractivity contribution is -0.141. The Kier molecular flexibility index (Phi) is 2.60. The van der Waals surface area contributed by atoms with Crippen LogP contribution in [0.3, 0.4) is 0 Å². The number of carbonyl (C=O) groups excluding carboxylic acids is 1. The molecule has 0 spiro atoms. The molecule has 0 unspecified atom stereocenters. The summed E-state index contributed by atoms with van der Waals surface area (Å²) in [6.45, 7) is 3.52. The first-order valence-electron chi connectivity index (χ1n) is 5.18. The number of pyridine rings is 1. The zero-order valence-electron chi connectivity index (χ0n) is 9.38. The summed E-state index contributed by atoms with van der Waals surface area (Å²) in [5.74, 6) is -0.358. The number of rotatable bonds is 1. The number of alkyl halides is 3. The number of hydrogen-bond acceptors (Lipinski definition) is 2. The van der Waals surface area contributed by atoms with Gasteiger partial charge >= 0.3 is 6.18 Å². The fourth-order valence-corrected chi connectivity index (χ4v) is 1.91. The second-order valence-electron chi connectivity index (χ2n) is 4.21. The molecule has 2 rings (SSSR count). The van der Waals surface area contributed by atoms with Crippen LogP contribution in [-0.2, 0) is 12.7 Å². The van der Waals surface area contributed by atoms with Crippen LogP contribution in [0.5, 0.6) is 0 Å². The monoisotopic (exact) mass is 244 g/mol. The molecule has 0 aromatic carbocycles. The van der Waals surface area contributed by atoms with Gasteiger partial charge in [-0.1, -0.05) is 0 Å². The molecule has 1 aromatic heterocycles. The van der Waals surface area contributed by atoms with Crippen molar-refractivity contribution in [2.45, 2.75) is 32.6 Å². The zero-order valence-corrected chi connectivity index (χ0v) is 9.38. The van der Waals surface area contributed by atoms with Crippen molar-refractivity contribution >= 4 is 5.91 Å². The molecule has 1 aromatic rings. The van der Waals surface area contributed by atoms with Crippen molar-refractivity contribution in [2.24, 2.45) is 0 Å². The van der Waals surface area contributed by atoms with Gasteiger partial charge in [0.05, 0.1) is 0 Å². The largest absolute Gasteiger partial charge is 0.433 e. The minimum absolute atomic E-state index is 0.0151. The molecule has 6 heteroatoms. The quantitative estimate of drug-likeness (QED) is 0.760. The van der Waals surface area contributed by atoms with Gasteiger partial charge in [-0.05, 0) is 19.9 Å². The molecule has 0 atom stereocenters. The standard InChI is InChI=1S/C11H11F3N2O/c1-6(2)16-5-8-7(10(16)17)3-4-15-9(8)11(12,13)14/h3-4,6H,5H2,1-2H3. The molecule has 17 heavy (non-hydrogen) atoms. The van der Waals surface area contributed by atoms with Crippen LogP contribution in [0.2, 0.25) is 0 Å².